The molecule has 2 atom stereocenters. The second kappa shape index (κ2) is 8.23. The van der Waals surface area contributed by atoms with E-state index in [9.17, 15) is 9.90 Å². The summed E-state index contributed by atoms with van der Waals surface area (Å²) >= 11 is 0. The molecule has 0 aliphatic carbocycles. The highest BCUT2D eigenvalue weighted by molar-refractivity contribution is 5.92. The van der Waals surface area contributed by atoms with Crippen molar-refractivity contribution in [1.29, 1.82) is 0 Å². The molecule has 0 saturated carbocycles. The maximum absolute atomic E-state index is 12.5. The summed E-state index contributed by atoms with van der Waals surface area (Å²) < 4.78 is 0. The van der Waals surface area contributed by atoms with E-state index in [1.165, 1.54) is 5.56 Å². The Morgan fingerprint density at radius 2 is 2.08 bits per heavy atom. The van der Waals surface area contributed by atoms with Gasteiger partial charge in [-0.1, -0.05) is 36.4 Å². The van der Waals surface area contributed by atoms with Crippen LogP contribution in [0.4, 0.5) is 0 Å². The van der Waals surface area contributed by atoms with Gasteiger partial charge in [0.1, 0.15) is 5.69 Å². The quantitative estimate of drug-likeness (QED) is 0.874. The summed E-state index contributed by atoms with van der Waals surface area (Å²) in [4.78, 5) is 19.0. The Morgan fingerprint density at radius 1 is 1.28 bits per heavy atom. The summed E-state index contributed by atoms with van der Waals surface area (Å²) in [7, 11) is 0. The fourth-order valence-corrected chi connectivity index (χ4v) is 3.28. The minimum absolute atomic E-state index is 0.0712. The number of nitrogens with zero attached hydrogens (tertiary/aromatic N) is 2. The summed E-state index contributed by atoms with van der Waals surface area (Å²) in [5, 5.41) is 12.7. The van der Waals surface area contributed by atoms with Crippen LogP contribution in [0.25, 0.3) is 0 Å². The Balaban J connectivity index is 1.64. The Bertz CT molecular complexity index is 688. The third-order valence-corrected chi connectivity index (χ3v) is 4.78. The molecule has 3 rings (SSSR count). The minimum atomic E-state index is -0.176. The summed E-state index contributed by atoms with van der Waals surface area (Å²) in [5.74, 6) is -0.0913. The first-order chi connectivity index (χ1) is 12.2. The number of aromatic nitrogens is 1. The molecule has 5 nitrogen and oxygen atoms in total. The van der Waals surface area contributed by atoms with Crippen LogP contribution in [-0.2, 0) is 6.54 Å². The fraction of sp³-hybridized carbons (Fsp3) is 0.400. The first-order valence-electron chi connectivity index (χ1n) is 8.76. The molecule has 132 valence electrons. The summed E-state index contributed by atoms with van der Waals surface area (Å²) in [6, 6.07) is 13.9. The Kier molecular flexibility index (Phi) is 5.79. The molecule has 2 N–H and O–H groups in total. The highest BCUT2D eigenvalue weighted by atomic mass is 16.3. The lowest BCUT2D eigenvalue weighted by atomic mass is 9.91. The van der Waals surface area contributed by atoms with Crippen molar-refractivity contribution in [2.75, 3.05) is 19.7 Å². The number of likely N-dealkylation sites (tertiary alicyclic amines) is 1. The average molecular weight is 339 g/mol. The van der Waals surface area contributed by atoms with Gasteiger partial charge in [-0.15, -0.1) is 0 Å². The van der Waals surface area contributed by atoms with Crippen LogP contribution in [0.2, 0.25) is 0 Å². The molecule has 0 bridgehead atoms. The zero-order chi connectivity index (χ0) is 17.6. The molecule has 25 heavy (non-hydrogen) atoms. The van der Waals surface area contributed by atoms with Crippen LogP contribution in [0.1, 0.15) is 28.0 Å². The van der Waals surface area contributed by atoms with E-state index in [-0.39, 0.29) is 24.5 Å². The van der Waals surface area contributed by atoms with Crippen LogP contribution in [0.15, 0.2) is 48.7 Å². The van der Waals surface area contributed by atoms with Gasteiger partial charge in [-0.2, -0.15) is 0 Å². The molecule has 1 saturated heterocycles. The Hall–Kier alpha value is -2.24. The van der Waals surface area contributed by atoms with E-state index in [1.807, 2.05) is 31.2 Å². The average Bonchev–Trinajstić information content (AvgIpc) is 2.63. The van der Waals surface area contributed by atoms with E-state index in [1.54, 1.807) is 12.3 Å². The van der Waals surface area contributed by atoms with Crippen molar-refractivity contribution in [3.63, 3.8) is 0 Å². The second-order valence-electron chi connectivity index (χ2n) is 6.75. The molecular formula is C20H25N3O2. The lowest BCUT2D eigenvalue weighted by Crippen LogP contribution is -2.53. The first-order valence-corrected chi connectivity index (χ1v) is 8.76. The summed E-state index contributed by atoms with van der Waals surface area (Å²) in [6.45, 7) is 4.55. The number of hydrogen-bond acceptors (Lipinski definition) is 4. The van der Waals surface area contributed by atoms with E-state index in [0.717, 1.165) is 31.6 Å². The zero-order valence-corrected chi connectivity index (χ0v) is 14.6. The first kappa shape index (κ1) is 17.6. The number of aliphatic hydroxyl groups excluding tert-OH is 1. The van der Waals surface area contributed by atoms with E-state index < -0.39 is 0 Å². The zero-order valence-electron chi connectivity index (χ0n) is 14.6. The van der Waals surface area contributed by atoms with Gasteiger partial charge in [-0.3, -0.25) is 14.7 Å². The van der Waals surface area contributed by atoms with E-state index >= 15 is 0 Å². The van der Waals surface area contributed by atoms with Crippen molar-refractivity contribution in [1.82, 2.24) is 15.2 Å². The predicted molar refractivity (Wildman–Crippen MR) is 97.1 cm³/mol. The standard InChI is InChI=1S/C20H25N3O2/c1-15-7-8-18(21-11-15)20(25)22-19-13-23(10-9-17(19)14-24)12-16-5-3-2-4-6-16/h2-8,11,17,19,24H,9-10,12-14H2,1H3,(H,22,25)/t17-,19-/m1/s1. The number of amides is 1. The van der Waals surface area contributed by atoms with Crippen LogP contribution >= 0.6 is 0 Å². The van der Waals surface area contributed by atoms with Crippen LogP contribution < -0.4 is 5.32 Å². The van der Waals surface area contributed by atoms with Crippen LogP contribution in [0, 0.1) is 12.8 Å². The van der Waals surface area contributed by atoms with Crippen molar-refractivity contribution in [2.45, 2.75) is 25.9 Å². The van der Waals surface area contributed by atoms with Crippen molar-refractivity contribution in [3.05, 3.63) is 65.5 Å². The second-order valence-corrected chi connectivity index (χ2v) is 6.75. The molecule has 5 heteroatoms. The van der Waals surface area contributed by atoms with E-state index in [2.05, 4.69) is 27.3 Å². The normalized spacial score (nSPS) is 21.0. The van der Waals surface area contributed by atoms with Crippen molar-refractivity contribution < 1.29 is 9.90 Å². The minimum Gasteiger partial charge on any atom is -0.396 e. The summed E-state index contributed by atoms with van der Waals surface area (Å²) in [5.41, 5.74) is 2.70. The third-order valence-electron chi connectivity index (χ3n) is 4.78. The molecular weight excluding hydrogens is 314 g/mol. The molecule has 1 aromatic carbocycles. The van der Waals surface area contributed by atoms with Gasteiger partial charge in [-0.05, 0) is 37.1 Å². The van der Waals surface area contributed by atoms with Gasteiger partial charge < -0.3 is 10.4 Å². The lowest BCUT2D eigenvalue weighted by Gasteiger charge is -2.38. The van der Waals surface area contributed by atoms with E-state index in [0.29, 0.717) is 5.69 Å². The molecule has 2 heterocycles. The topological polar surface area (TPSA) is 65.5 Å². The molecule has 1 aliphatic rings. The largest absolute Gasteiger partial charge is 0.396 e. The molecule has 1 amide bonds. The number of carbonyl (C=O) groups excluding carboxylic acids is 1. The van der Waals surface area contributed by atoms with Gasteiger partial charge in [0.05, 0.1) is 0 Å². The van der Waals surface area contributed by atoms with Gasteiger partial charge in [0.25, 0.3) is 5.91 Å². The fourth-order valence-electron chi connectivity index (χ4n) is 3.28. The number of carbonyl (C=O) groups is 1. The van der Waals surface area contributed by atoms with Crippen molar-refractivity contribution in [2.24, 2.45) is 5.92 Å². The number of piperidine rings is 1. The number of benzene rings is 1. The number of pyridine rings is 1. The molecule has 0 radical (unpaired) electrons. The van der Waals surface area contributed by atoms with Gasteiger partial charge in [0.15, 0.2) is 0 Å². The predicted octanol–water partition coefficient (Wildman–Crippen LogP) is 2.00. The maximum Gasteiger partial charge on any atom is 0.270 e. The van der Waals surface area contributed by atoms with Crippen molar-refractivity contribution >= 4 is 5.91 Å². The molecule has 1 aliphatic heterocycles. The lowest BCUT2D eigenvalue weighted by molar-refractivity contribution is 0.0727. The smallest absolute Gasteiger partial charge is 0.270 e. The number of aliphatic hydroxyl groups is 1. The molecule has 0 spiro atoms. The molecule has 0 unspecified atom stereocenters. The Labute approximate surface area is 148 Å². The highest BCUT2D eigenvalue weighted by Crippen LogP contribution is 2.20. The number of aryl methyl sites for hydroxylation is 1. The highest BCUT2D eigenvalue weighted by Gasteiger charge is 2.30. The van der Waals surface area contributed by atoms with Crippen LogP contribution in [0.3, 0.4) is 0 Å². The van der Waals surface area contributed by atoms with Crippen LogP contribution in [-0.4, -0.2) is 46.6 Å². The van der Waals surface area contributed by atoms with E-state index in [4.69, 9.17) is 0 Å². The van der Waals surface area contributed by atoms with Gasteiger partial charge in [0.2, 0.25) is 0 Å². The number of hydrogen-bond donors (Lipinski definition) is 2. The van der Waals surface area contributed by atoms with Crippen molar-refractivity contribution in [3.8, 4) is 0 Å². The van der Waals surface area contributed by atoms with Gasteiger partial charge >= 0.3 is 0 Å². The van der Waals surface area contributed by atoms with Crippen LogP contribution in [0.5, 0.6) is 0 Å². The molecule has 2 aromatic rings. The SMILES string of the molecule is Cc1ccc(C(=O)N[C@@H]2CN(Cc3ccccc3)CC[C@@H]2CO)nc1. The maximum atomic E-state index is 12.5. The number of rotatable bonds is 5. The monoisotopic (exact) mass is 339 g/mol. The summed E-state index contributed by atoms with van der Waals surface area (Å²) in [6.07, 6.45) is 2.57. The number of nitrogens with one attached hydrogen (secondary N) is 1. The molecule has 1 aromatic heterocycles. The third kappa shape index (κ3) is 4.65. The molecule has 1 fully saturated rings. The van der Waals surface area contributed by atoms with Gasteiger partial charge in [0, 0.05) is 37.9 Å². The van der Waals surface area contributed by atoms with Gasteiger partial charge in [-0.25, -0.2) is 0 Å². The Morgan fingerprint density at radius 3 is 2.76 bits per heavy atom.